The first-order valence-electron chi connectivity index (χ1n) is 23.3. The van der Waals surface area contributed by atoms with E-state index in [1.165, 1.54) is 27.6 Å². The molecule has 324 valence electrons. The Balaban J connectivity index is 1.05. The van der Waals surface area contributed by atoms with E-state index >= 15 is 0 Å². The van der Waals surface area contributed by atoms with Crippen LogP contribution in [0.3, 0.4) is 0 Å². The zero-order valence-corrected chi connectivity index (χ0v) is 37.8. The van der Waals surface area contributed by atoms with Crippen molar-refractivity contribution in [2.45, 2.75) is 15.2 Å². The lowest BCUT2D eigenvalue weighted by molar-refractivity contribution is 0.358. The molecule has 15 rings (SSSR count). The lowest BCUT2D eigenvalue weighted by Gasteiger charge is -2.37. The largest absolute Gasteiger partial charge is 0.454 e. The molecule has 0 atom stereocenters. The van der Waals surface area contributed by atoms with Crippen LogP contribution in [0.2, 0.25) is 0 Å². The third kappa shape index (κ3) is 5.49. The summed E-state index contributed by atoms with van der Waals surface area (Å²) in [5.41, 5.74) is 14.9. The zero-order valence-electron chi connectivity index (χ0n) is 37.0. The first-order valence-corrected chi connectivity index (χ1v) is 24.1. The summed E-state index contributed by atoms with van der Waals surface area (Å²) in [6.45, 7) is 0. The number of hydrogen-bond donors (Lipinski definition) is 0. The minimum Gasteiger partial charge on any atom is -0.454 e. The van der Waals surface area contributed by atoms with Gasteiger partial charge < -0.3 is 23.7 Å². The van der Waals surface area contributed by atoms with E-state index < -0.39 is 5.41 Å². The molecule has 4 aliphatic rings. The molecule has 69 heavy (non-hydrogen) atoms. The van der Waals surface area contributed by atoms with Gasteiger partial charge in [0, 0.05) is 33.4 Å². The fourth-order valence-corrected chi connectivity index (χ4v) is 12.5. The smallest absolute Gasteiger partial charge is 0.170 e. The van der Waals surface area contributed by atoms with Crippen LogP contribution >= 0.6 is 11.8 Å². The van der Waals surface area contributed by atoms with Gasteiger partial charge in [-0.3, -0.25) is 0 Å². The van der Waals surface area contributed by atoms with E-state index in [0.717, 1.165) is 82.7 Å². The third-order valence-electron chi connectivity index (χ3n) is 14.3. The molecule has 0 amide bonds. The second kappa shape index (κ2) is 14.6. The Bertz CT molecular complexity index is 3900. The fourth-order valence-electron chi connectivity index (χ4n) is 11.5. The summed E-state index contributed by atoms with van der Waals surface area (Å²) in [7, 11) is 0. The first-order chi connectivity index (χ1) is 34.2. The van der Waals surface area contributed by atoms with Gasteiger partial charge in [0.15, 0.2) is 28.7 Å². The lowest BCUT2D eigenvalue weighted by Crippen LogP contribution is -2.30. The Labute approximate surface area is 402 Å². The Hall–Kier alpha value is -8.71. The van der Waals surface area contributed by atoms with Gasteiger partial charge >= 0.3 is 0 Å². The molecule has 2 aliphatic heterocycles. The van der Waals surface area contributed by atoms with Gasteiger partial charge in [0.2, 0.25) is 0 Å². The Morgan fingerprint density at radius 1 is 0.406 bits per heavy atom. The average Bonchev–Trinajstić information content (AvgIpc) is 3.84. The number of anilines is 3. The molecule has 0 fully saturated rings. The summed E-state index contributed by atoms with van der Waals surface area (Å²) in [5.74, 6) is 4.44. The van der Waals surface area contributed by atoms with Gasteiger partial charge in [-0.1, -0.05) is 151 Å². The lowest BCUT2D eigenvalue weighted by atomic mass is 9.65. The van der Waals surface area contributed by atoms with Crippen molar-refractivity contribution in [3.63, 3.8) is 0 Å². The maximum Gasteiger partial charge on any atom is 0.170 e. The second-order valence-corrected chi connectivity index (χ2v) is 19.0. The highest BCUT2D eigenvalue weighted by molar-refractivity contribution is 7.99. The molecule has 1 spiro atoms. The van der Waals surface area contributed by atoms with Gasteiger partial charge in [0.05, 0.1) is 31.9 Å². The van der Waals surface area contributed by atoms with Crippen LogP contribution in [-0.2, 0) is 5.41 Å². The van der Waals surface area contributed by atoms with Gasteiger partial charge in [-0.05, 0) is 130 Å². The van der Waals surface area contributed by atoms with Gasteiger partial charge in [0.25, 0.3) is 0 Å². The molecule has 1 aromatic heterocycles. The van der Waals surface area contributed by atoms with Crippen molar-refractivity contribution < 1.29 is 14.2 Å². The van der Waals surface area contributed by atoms with Crippen LogP contribution in [0, 0.1) is 0 Å². The normalized spacial score (nSPS) is 13.9. The number of hydrogen-bond acceptors (Lipinski definition) is 5. The number of nitrogens with zero attached hydrogens (tertiary/aromatic N) is 2. The summed E-state index contributed by atoms with van der Waals surface area (Å²) >= 11 is 1.78. The predicted octanol–water partition coefficient (Wildman–Crippen LogP) is 17.3. The second-order valence-electron chi connectivity index (χ2n) is 17.9. The van der Waals surface area contributed by atoms with E-state index in [1.807, 2.05) is 24.3 Å². The molecule has 0 bridgehead atoms. The van der Waals surface area contributed by atoms with E-state index in [9.17, 15) is 0 Å². The highest BCUT2D eigenvalue weighted by Gasteiger charge is 2.50. The molecule has 0 radical (unpaired) electrons. The topological polar surface area (TPSA) is 35.9 Å². The van der Waals surface area contributed by atoms with E-state index in [2.05, 4.69) is 216 Å². The summed E-state index contributed by atoms with van der Waals surface area (Å²) < 4.78 is 23.2. The molecule has 10 aromatic carbocycles. The minimum atomic E-state index is -0.802. The fraction of sp³-hybridized carbons (Fsp3) is 0.0159. The molecular formula is C63H38N2O3S. The van der Waals surface area contributed by atoms with Crippen LogP contribution in [0.25, 0.3) is 50.8 Å². The summed E-state index contributed by atoms with van der Waals surface area (Å²) in [4.78, 5) is 4.47. The molecular weight excluding hydrogens is 865 g/mol. The van der Waals surface area contributed by atoms with Crippen molar-refractivity contribution in [1.82, 2.24) is 4.57 Å². The number of rotatable bonds is 4. The van der Waals surface area contributed by atoms with Gasteiger partial charge in [-0.2, -0.15) is 0 Å². The van der Waals surface area contributed by atoms with Crippen molar-refractivity contribution >= 4 is 62.8 Å². The zero-order chi connectivity index (χ0) is 45.2. The van der Waals surface area contributed by atoms with Gasteiger partial charge in [-0.15, -0.1) is 0 Å². The van der Waals surface area contributed by atoms with Crippen LogP contribution in [0.5, 0.6) is 34.5 Å². The Morgan fingerprint density at radius 3 is 1.72 bits per heavy atom. The maximum absolute atomic E-state index is 7.32. The van der Waals surface area contributed by atoms with Crippen LogP contribution in [0.1, 0.15) is 33.4 Å². The average molecular weight is 903 g/mol. The van der Waals surface area contributed by atoms with E-state index in [0.29, 0.717) is 23.0 Å². The highest BCUT2D eigenvalue weighted by Crippen LogP contribution is 2.64. The van der Waals surface area contributed by atoms with Crippen molar-refractivity contribution in [1.29, 1.82) is 0 Å². The number of ether oxygens (including phenoxy) is 3. The number of para-hydroxylation sites is 6. The third-order valence-corrected chi connectivity index (χ3v) is 15.5. The standard InChI is InChI=1S/C63H38N2O3S/c1-3-17-40(18-4-1)64(41-19-5-2-6-20-41)42-32-34-53-47(36-42)45-23-9-12-26-52(45)65(53)54-37-51-46(61-62(54)69-60-30-16-15-29-57(60)68-61)33-31-39-35-58-59(67-56-28-14-13-27-55(56)66-58)38-50(39)63(51)48-24-10-7-21-43(48)44-22-8-11-25-49(44)63/h1-38H. The number of fused-ring (bicyclic) bond motifs is 17. The summed E-state index contributed by atoms with van der Waals surface area (Å²) in [6.07, 6.45) is 4.52. The Morgan fingerprint density at radius 2 is 1.00 bits per heavy atom. The molecule has 3 heterocycles. The summed E-state index contributed by atoms with van der Waals surface area (Å²) in [5, 5.41) is 2.33. The quantitative estimate of drug-likeness (QED) is 0.176. The molecule has 0 saturated heterocycles. The van der Waals surface area contributed by atoms with E-state index in [4.69, 9.17) is 14.2 Å². The first kappa shape index (κ1) is 38.4. The van der Waals surface area contributed by atoms with Gasteiger partial charge in [-0.25, -0.2) is 0 Å². The van der Waals surface area contributed by atoms with E-state index in [1.54, 1.807) is 11.8 Å². The number of aromatic nitrogens is 1. The minimum absolute atomic E-state index is 0.683. The van der Waals surface area contributed by atoms with Crippen LogP contribution in [-0.4, -0.2) is 4.57 Å². The molecule has 0 N–H and O–H groups in total. The van der Waals surface area contributed by atoms with Crippen LogP contribution in [0.4, 0.5) is 17.1 Å². The molecule has 5 nitrogen and oxygen atoms in total. The molecule has 11 aromatic rings. The number of benzene rings is 10. The summed E-state index contributed by atoms with van der Waals surface area (Å²) in [6, 6.07) is 78.0. The van der Waals surface area contributed by atoms with Crippen LogP contribution in [0.15, 0.2) is 228 Å². The van der Waals surface area contributed by atoms with Crippen molar-refractivity contribution in [3.05, 3.63) is 252 Å². The molecule has 6 heteroatoms. The van der Waals surface area contributed by atoms with Crippen molar-refractivity contribution in [3.8, 4) is 51.3 Å². The monoisotopic (exact) mass is 902 g/mol. The van der Waals surface area contributed by atoms with Crippen LogP contribution < -0.4 is 19.1 Å². The molecule has 0 saturated carbocycles. The van der Waals surface area contributed by atoms with Crippen molar-refractivity contribution in [2.24, 2.45) is 0 Å². The van der Waals surface area contributed by atoms with Crippen molar-refractivity contribution in [2.75, 3.05) is 4.90 Å². The SMILES string of the molecule is C1=Cc2c(cc(-n3c4ccccc4c4cc(N(c5ccccc5)c5ccccc5)ccc43)c3c2Oc2ccccc2S3)C2(c3cc4c(cc31)Oc1ccccc1O4)c1ccccc1-c1ccccc12. The predicted molar refractivity (Wildman–Crippen MR) is 279 cm³/mol. The highest BCUT2D eigenvalue weighted by atomic mass is 32.2. The maximum atomic E-state index is 7.32. The van der Waals surface area contributed by atoms with Gasteiger partial charge in [0.1, 0.15) is 5.75 Å². The van der Waals surface area contributed by atoms with E-state index in [-0.39, 0.29) is 0 Å². The molecule has 0 unspecified atom stereocenters. The Kier molecular flexibility index (Phi) is 8.15. The molecule has 2 aliphatic carbocycles.